The molecule has 1 fully saturated rings. The fourth-order valence-corrected chi connectivity index (χ4v) is 1.46. The van der Waals surface area contributed by atoms with E-state index < -0.39 is 0 Å². The van der Waals surface area contributed by atoms with Crippen molar-refractivity contribution < 1.29 is 0 Å². The van der Waals surface area contributed by atoms with Crippen LogP contribution in [-0.4, -0.2) is 6.04 Å². The Labute approximate surface area is 65.4 Å². The molecule has 0 spiro atoms. The smallest absolute Gasteiger partial charge is 0.0655 e. The molecule has 0 aromatic carbocycles. The Bertz CT molecular complexity index is 211. The molecule has 1 saturated carbocycles. The van der Waals surface area contributed by atoms with Crippen molar-refractivity contribution in [3.8, 4) is 6.07 Å². The average Bonchev–Trinajstić information content (AvgIpc) is 2.06. The maximum atomic E-state index is 8.59. The van der Waals surface area contributed by atoms with Crippen LogP contribution in [0.1, 0.15) is 25.7 Å². The topological polar surface area (TPSA) is 72.5 Å². The molecule has 11 heavy (non-hydrogen) atoms. The second-order valence-electron chi connectivity index (χ2n) is 2.85. The summed E-state index contributed by atoms with van der Waals surface area (Å²) in [7, 11) is 0. The minimum absolute atomic E-state index is 0.0680. The number of nitriles is 1. The van der Waals surface area contributed by atoms with Gasteiger partial charge in [-0.2, -0.15) is 5.26 Å². The van der Waals surface area contributed by atoms with E-state index in [9.17, 15) is 0 Å². The van der Waals surface area contributed by atoms with E-state index in [1.165, 1.54) is 0 Å². The minimum Gasteiger partial charge on any atom is -0.198 e. The summed E-state index contributed by atoms with van der Waals surface area (Å²) in [5.74, 6) is 0.110. The normalized spacial score (nSPS) is 30.1. The lowest BCUT2D eigenvalue weighted by atomic mass is 9.87. The minimum atomic E-state index is 0.0680. The zero-order valence-corrected chi connectivity index (χ0v) is 6.27. The van der Waals surface area contributed by atoms with E-state index in [1.807, 2.05) is 0 Å². The summed E-state index contributed by atoms with van der Waals surface area (Å²) in [5.41, 5.74) is 8.15. The van der Waals surface area contributed by atoms with E-state index in [1.54, 1.807) is 0 Å². The predicted octanol–water partition coefficient (Wildman–Crippen LogP) is 2.38. The van der Waals surface area contributed by atoms with Crippen molar-refractivity contribution >= 4 is 0 Å². The van der Waals surface area contributed by atoms with Gasteiger partial charge in [0.25, 0.3) is 0 Å². The van der Waals surface area contributed by atoms with Crippen LogP contribution >= 0.6 is 0 Å². The molecule has 4 heteroatoms. The first-order chi connectivity index (χ1) is 5.36. The van der Waals surface area contributed by atoms with Gasteiger partial charge in [-0.25, -0.2) is 0 Å². The predicted molar refractivity (Wildman–Crippen MR) is 40.5 cm³/mol. The molecule has 1 aliphatic rings. The molecule has 2 atom stereocenters. The SMILES string of the molecule is N#CC1CCCC(N=[N+]=[N-])C1. The zero-order valence-electron chi connectivity index (χ0n) is 6.27. The van der Waals surface area contributed by atoms with Gasteiger partial charge in [-0.05, 0) is 24.8 Å². The molecule has 2 unspecified atom stereocenters. The first-order valence-electron chi connectivity index (χ1n) is 3.80. The third kappa shape index (κ3) is 2.14. The van der Waals surface area contributed by atoms with Gasteiger partial charge >= 0.3 is 0 Å². The van der Waals surface area contributed by atoms with E-state index in [0.717, 1.165) is 25.7 Å². The van der Waals surface area contributed by atoms with Gasteiger partial charge in [0.05, 0.1) is 6.07 Å². The Kier molecular flexibility index (Phi) is 2.76. The number of hydrogen-bond acceptors (Lipinski definition) is 2. The Hall–Kier alpha value is -1.20. The molecule has 0 radical (unpaired) electrons. The molecule has 0 heterocycles. The molecule has 0 bridgehead atoms. The van der Waals surface area contributed by atoms with Gasteiger partial charge in [-0.15, -0.1) is 0 Å². The summed E-state index contributed by atoms with van der Waals surface area (Å²) in [6.45, 7) is 0. The van der Waals surface area contributed by atoms with Gasteiger partial charge in [0, 0.05) is 16.9 Å². The average molecular weight is 150 g/mol. The lowest BCUT2D eigenvalue weighted by Crippen LogP contribution is -2.16. The summed E-state index contributed by atoms with van der Waals surface area (Å²) >= 11 is 0. The Morgan fingerprint density at radius 1 is 1.55 bits per heavy atom. The van der Waals surface area contributed by atoms with Crippen molar-refractivity contribution in [1.82, 2.24) is 0 Å². The van der Waals surface area contributed by atoms with Crippen molar-refractivity contribution in [3.05, 3.63) is 10.4 Å². The van der Waals surface area contributed by atoms with E-state index in [-0.39, 0.29) is 12.0 Å². The molecule has 1 rings (SSSR count). The second kappa shape index (κ2) is 3.85. The van der Waals surface area contributed by atoms with Crippen LogP contribution in [0.15, 0.2) is 5.11 Å². The summed E-state index contributed by atoms with van der Waals surface area (Å²) in [4.78, 5) is 2.74. The van der Waals surface area contributed by atoms with Gasteiger partial charge in [-0.3, -0.25) is 0 Å². The molecule has 0 saturated heterocycles. The van der Waals surface area contributed by atoms with Crippen LogP contribution in [0.2, 0.25) is 0 Å². The first-order valence-corrected chi connectivity index (χ1v) is 3.80. The third-order valence-corrected chi connectivity index (χ3v) is 2.04. The molecule has 58 valence electrons. The molecule has 0 aliphatic heterocycles. The van der Waals surface area contributed by atoms with Crippen molar-refractivity contribution in [2.45, 2.75) is 31.7 Å². The largest absolute Gasteiger partial charge is 0.198 e. The molecule has 0 aromatic rings. The van der Waals surface area contributed by atoms with E-state index in [0.29, 0.717) is 0 Å². The highest BCUT2D eigenvalue weighted by Gasteiger charge is 2.20. The van der Waals surface area contributed by atoms with E-state index >= 15 is 0 Å². The van der Waals surface area contributed by atoms with Gasteiger partial charge in [0.15, 0.2) is 0 Å². The van der Waals surface area contributed by atoms with Gasteiger partial charge in [0.2, 0.25) is 0 Å². The molecular formula is C7H10N4. The zero-order chi connectivity index (χ0) is 8.10. The maximum Gasteiger partial charge on any atom is 0.0655 e. The number of azide groups is 1. The van der Waals surface area contributed by atoms with Gasteiger partial charge < -0.3 is 0 Å². The summed E-state index contributed by atoms with van der Waals surface area (Å²) in [5, 5.41) is 12.2. The monoisotopic (exact) mass is 150 g/mol. The van der Waals surface area contributed by atoms with Gasteiger partial charge in [-0.1, -0.05) is 11.5 Å². The van der Waals surface area contributed by atoms with Crippen LogP contribution in [-0.2, 0) is 0 Å². The van der Waals surface area contributed by atoms with Gasteiger partial charge in [0.1, 0.15) is 0 Å². The van der Waals surface area contributed by atoms with Crippen molar-refractivity contribution in [1.29, 1.82) is 5.26 Å². The molecule has 0 aromatic heterocycles. The molecule has 1 aliphatic carbocycles. The fraction of sp³-hybridized carbons (Fsp3) is 0.857. The standard InChI is InChI=1S/C7H10N4/c8-5-6-2-1-3-7(4-6)10-11-9/h6-7H,1-4H2. The van der Waals surface area contributed by atoms with Crippen molar-refractivity contribution in [2.75, 3.05) is 0 Å². The van der Waals surface area contributed by atoms with Crippen LogP contribution in [0.25, 0.3) is 10.4 Å². The highest BCUT2D eigenvalue weighted by molar-refractivity contribution is 4.90. The summed E-state index contributed by atoms with van der Waals surface area (Å²) in [6, 6.07) is 2.28. The van der Waals surface area contributed by atoms with E-state index in [4.69, 9.17) is 10.8 Å². The number of rotatable bonds is 1. The van der Waals surface area contributed by atoms with E-state index in [2.05, 4.69) is 16.1 Å². The summed E-state index contributed by atoms with van der Waals surface area (Å²) < 4.78 is 0. The third-order valence-electron chi connectivity index (χ3n) is 2.04. The van der Waals surface area contributed by atoms with Crippen LogP contribution in [0, 0.1) is 17.2 Å². The lowest BCUT2D eigenvalue weighted by Gasteiger charge is -2.20. The Morgan fingerprint density at radius 2 is 2.36 bits per heavy atom. The fourth-order valence-electron chi connectivity index (χ4n) is 1.46. The maximum absolute atomic E-state index is 8.59. The van der Waals surface area contributed by atoms with Crippen LogP contribution < -0.4 is 0 Å². The van der Waals surface area contributed by atoms with Crippen molar-refractivity contribution in [3.63, 3.8) is 0 Å². The quantitative estimate of drug-likeness (QED) is 0.321. The molecule has 4 nitrogen and oxygen atoms in total. The Morgan fingerprint density at radius 3 is 3.00 bits per heavy atom. The second-order valence-corrected chi connectivity index (χ2v) is 2.85. The number of nitrogens with zero attached hydrogens (tertiary/aromatic N) is 4. The van der Waals surface area contributed by atoms with Crippen LogP contribution in [0.3, 0.4) is 0 Å². The highest BCUT2D eigenvalue weighted by Crippen LogP contribution is 2.25. The van der Waals surface area contributed by atoms with Crippen LogP contribution in [0.4, 0.5) is 0 Å². The number of hydrogen-bond donors (Lipinski definition) is 0. The summed E-state index contributed by atoms with van der Waals surface area (Å²) in [6.07, 6.45) is 3.68. The molecular weight excluding hydrogens is 140 g/mol. The molecule has 0 N–H and O–H groups in total. The highest BCUT2D eigenvalue weighted by atomic mass is 15.1. The lowest BCUT2D eigenvalue weighted by molar-refractivity contribution is 0.378. The molecule has 0 amide bonds. The van der Waals surface area contributed by atoms with Crippen molar-refractivity contribution in [2.24, 2.45) is 11.0 Å². The van der Waals surface area contributed by atoms with Crippen LogP contribution in [0.5, 0.6) is 0 Å². The Balaban J connectivity index is 2.47. The first kappa shape index (κ1) is 7.90.